The minimum absolute atomic E-state index is 0.157. The van der Waals surface area contributed by atoms with E-state index in [0.717, 1.165) is 71.2 Å². The van der Waals surface area contributed by atoms with Gasteiger partial charge in [-0.15, -0.1) is 0 Å². The molecule has 0 saturated carbocycles. The number of nitrogens with one attached hydrogen (secondary N) is 1. The molecule has 1 N–H and O–H groups in total. The van der Waals surface area contributed by atoms with Gasteiger partial charge in [0.25, 0.3) is 5.91 Å². The molecular formula is C24H36FN3O3. The minimum atomic E-state index is -0.462. The number of amides is 2. The van der Waals surface area contributed by atoms with Gasteiger partial charge in [0, 0.05) is 38.4 Å². The van der Waals surface area contributed by atoms with Gasteiger partial charge in [0.2, 0.25) is 0 Å². The smallest absolute Gasteiger partial charge is 0.410 e. The second kappa shape index (κ2) is 10.3. The van der Waals surface area contributed by atoms with Gasteiger partial charge < -0.3 is 19.9 Å². The van der Waals surface area contributed by atoms with Crippen LogP contribution in [-0.4, -0.2) is 60.1 Å². The van der Waals surface area contributed by atoms with Crippen LogP contribution >= 0.6 is 0 Å². The molecule has 2 amide bonds. The molecule has 3 rings (SSSR count). The number of halogens is 1. The third kappa shape index (κ3) is 6.84. The Morgan fingerprint density at radius 2 is 1.77 bits per heavy atom. The van der Waals surface area contributed by atoms with Crippen molar-refractivity contribution in [3.05, 3.63) is 29.6 Å². The zero-order valence-corrected chi connectivity index (χ0v) is 19.1. The average molecular weight is 434 g/mol. The van der Waals surface area contributed by atoms with Crippen LogP contribution in [0.5, 0.6) is 0 Å². The monoisotopic (exact) mass is 433 g/mol. The van der Waals surface area contributed by atoms with Gasteiger partial charge in [-0.2, -0.15) is 0 Å². The van der Waals surface area contributed by atoms with Gasteiger partial charge >= 0.3 is 6.09 Å². The Hall–Kier alpha value is -2.31. The lowest BCUT2D eigenvalue weighted by Gasteiger charge is -2.33. The molecule has 2 heterocycles. The van der Waals surface area contributed by atoms with E-state index >= 15 is 0 Å². The van der Waals surface area contributed by atoms with E-state index in [1.54, 1.807) is 21.9 Å². The number of anilines is 1. The molecule has 172 valence electrons. The van der Waals surface area contributed by atoms with Crippen molar-refractivity contribution < 1.29 is 18.7 Å². The van der Waals surface area contributed by atoms with Crippen molar-refractivity contribution >= 4 is 17.7 Å². The lowest BCUT2D eigenvalue weighted by molar-refractivity contribution is 0.0181. The maximum atomic E-state index is 14.4. The summed E-state index contributed by atoms with van der Waals surface area (Å²) in [5.41, 5.74) is 0.401. The number of hydrogen-bond donors (Lipinski definition) is 1. The molecule has 2 fully saturated rings. The van der Waals surface area contributed by atoms with Crippen molar-refractivity contribution in [1.82, 2.24) is 9.80 Å². The van der Waals surface area contributed by atoms with Crippen molar-refractivity contribution in [3.8, 4) is 0 Å². The molecule has 0 aliphatic carbocycles. The van der Waals surface area contributed by atoms with Crippen LogP contribution < -0.4 is 5.32 Å². The number of hydrogen-bond acceptors (Lipinski definition) is 4. The third-order valence-corrected chi connectivity index (χ3v) is 5.98. The largest absolute Gasteiger partial charge is 0.444 e. The molecule has 0 aromatic heterocycles. The zero-order chi connectivity index (χ0) is 22.4. The molecule has 1 aromatic carbocycles. The summed E-state index contributed by atoms with van der Waals surface area (Å²) >= 11 is 0. The summed E-state index contributed by atoms with van der Waals surface area (Å²) in [5, 5.41) is 3.26. The predicted molar refractivity (Wildman–Crippen MR) is 120 cm³/mol. The molecular weight excluding hydrogens is 397 g/mol. The number of nitrogens with zero attached hydrogens (tertiary/aromatic N) is 2. The maximum Gasteiger partial charge on any atom is 0.410 e. The number of ether oxygens (including phenoxy) is 1. The lowest BCUT2D eigenvalue weighted by Crippen LogP contribution is -2.41. The van der Waals surface area contributed by atoms with Gasteiger partial charge in [0.05, 0.1) is 5.56 Å². The average Bonchev–Trinajstić information content (AvgIpc) is 3.25. The van der Waals surface area contributed by atoms with E-state index in [1.807, 2.05) is 20.8 Å². The van der Waals surface area contributed by atoms with Gasteiger partial charge in [-0.05, 0) is 83.4 Å². The second-order valence-corrected chi connectivity index (χ2v) is 9.67. The van der Waals surface area contributed by atoms with E-state index in [0.29, 0.717) is 11.6 Å². The van der Waals surface area contributed by atoms with Crippen LogP contribution in [0.15, 0.2) is 18.2 Å². The first-order valence-electron chi connectivity index (χ1n) is 11.5. The first-order chi connectivity index (χ1) is 14.7. The van der Waals surface area contributed by atoms with E-state index in [2.05, 4.69) is 5.32 Å². The molecule has 2 saturated heterocycles. The minimum Gasteiger partial charge on any atom is -0.444 e. The fraction of sp³-hybridized carbons (Fsp3) is 0.667. The molecule has 0 bridgehead atoms. The molecule has 31 heavy (non-hydrogen) atoms. The predicted octanol–water partition coefficient (Wildman–Crippen LogP) is 4.90. The summed E-state index contributed by atoms with van der Waals surface area (Å²) in [6.07, 6.45) is 5.79. The highest BCUT2D eigenvalue weighted by Gasteiger charge is 2.26. The Morgan fingerprint density at radius 3 is 2.39 bits per heavy atom. The third-order valence-electron chi connectivity index (χ3n) is 5.98. The first kappa shape index (κ1) is 23.4. The highest BCUT2D eigenvalue weighted by Crippen LogP contribution is 2.24. The van der Waals surface area contributed by atoms with Crippen LogP contribution in [0.1, 0.15) is 69.7 Å². The fourth-order valence-corrected chi connectivity index (χ4v) is 4.24. The number of carbonyl (C=O) groups excluding carboxylic acids is 2. The number of piperidine rings is 1. The second-order valence-electron chi connectivity index (χ2n) is 9.67. The summed E-state index contributed by atoms with van der Waals surface area (Å²) < 4.78 is 19.9. The Morgan fingerprint density at radius 1 is 1.10 bits per heavy atom. The van der Waals surface area contributed by atoms with Crippen molar-refractivity contribution in [2.45, 2.75) is 64.9 Å². The Kier molecular flexibility index (Phi) is 7.79. The number of carbonyl (C=O) groups is 2. The first-order valence-corrected chi connectivity index (χ1v) is 11.5. The maximum absolute atomic E-state index is 14.4. The Bertz CT molecular complexity index is 764. The lowest BCUT2D eigenvalue weighted by atomic mass is 9.92. The normalized spacial score (nSPS) is 17.7. The van der Waals surface area contributed by atoms with Crippen LogP contribution in [0.25, 0.3) is 0 Å². The molecule has 2 aliphatic rings. The Labute approximate surface area is 185 Å². The molecule has 0 spiro atoms. The van der Waals surface area contributed by atoms with Crippen LogP contribution in [0.3, 0.4) is 0 Å². The van der Waals surface area contributed by atoms with Crippen molar-refractivity contribution in [2.24, 2.45) is 5.92 Å². The van der Waals surface area contributed by atoms with Crippen molar-refractivity contribution in [2.75, 3.05) is 38.0 Å². The molecule has 1 aromatic rings. The van der Waals surface area contributed by atoms with Crippen LogP contribution in [-0.2, 0) is 4.74 Å². The molecule has 0 atom stereocenters. The number of likely N-dealkylation sites (tertiary alicyclic amines) is 2. The van der Waals surface area contributed by atoms with Gasteiger partial charge in [0.15, 0.2) is 0 Å². The van der Waals surface area contributed by atoms with Gasteiger partial charge in [-0.25, -0.2) is 9.18 Å². The molecule has 0 unspecified atom stereocenters. The van der Waals surface area contributed by atoms with Crippen LogP contribution in [0, 0.1) is 11.7 Å². The quantitative estimate of drug-likeness (QED) is 0.648. The highest BCUT2D eigenvalue weighted by atomic mass is 19.1. The van der Waals surface area contributed by atoms with E-state index in [4.69, 9.17) is 4.74 Å². The van der Waals surface area contributed by atoms with Gasteiger partial charge in [0.1, 0.15) is 11.4 Å². The van der Waals surface area contributed by atoms with Gasteiger partial charge in [-0.3, -0.25) is 4.79 Å². The Balaban J connectivity index is 1.36. The SMILES string of the molecule is CC(C)(C)OC(=O)N1CCC(CCCNc2ccc(C(=O)N3CCCC3)c(F)c2)CC1. The van der Waals surface area contributed by atoms with E-state index in [9.17, 15) is 14.0 Å². The van der Waals surface area contributed by atoms with E-state index in [1.165, 1.54) is 6.07 Å². The highest BCUT2D eigenvalue weighted by molar-refractivity contribution is 5.95. The topological polar surface area (TPSA) is 61.9 Å². The van der Waals surface area contributed by atoms with E-state index < -0.39 is 11.4 Å². The van der Waals surface area contributed by atoms with E-state index in [-0.39, 0.29) is 17.6 Å². The standard InChI is InChI=1S/C24H36FN3O3/c1-24(2,3)31-23(30)28-15-10-18(11-16-28)7-6-12-26-19-8-9-20(21(25)17-19)22(29)27-13-4-5-14-27/h8-9,17-18,26H,4-7,10-16H2,1-3H3. The summed E-state index contributed by atoms with van der Waals surface area (Å²) in [4.78, 5) is 28.0. The summed E-state index contributed by atoms with van der Waals surface area (Å²) in [6.45, 7) is 9.32. The summed E-state index contributed by atoms with van der Waals surface area (Å²) in [5.74, 6) is -0.0756. The molecule has 2 aliphatic heterocycles. The fourth-order valence-electron chi connectivity index (χ4n) is 4.24. The summed E-state index contributed by atoms with van der Waals surface area (Å²) in [6, 6.07) is 4.79. The molecule has 7 heteroatoms. The number of rotatable bonds is 6. The van der Waals surface area contributed by atoms with Crippen LogP contribution in [0.2, 0.25) is 0 Å². The number of benzene rings is 1. The van der Waals surface area contributed by atoms with Crippen LogP contribution in [0.4, 0.5) is 14.9 Å². The summed E-state index contributed by atoms with van der Waals surface area (Å²) in [7, 11) is 0. The van der Waals surface area contributed by atoms with Crippen molar-refractivity contribution in [3.63, 3.8) is 0 Å². The molecule has 0 radical (unpaired) electrons. The molecule has 6 nitrogen and oxygen atoms in total. The van der Waals surface area contributed by atoms with Gasteiger partial charge in [-0.1, -0.05) is 0 Å². The van der Waals surface area contributed by atoms with Crippen molar-refractivity contribution in [1.29, 1.82) is 0 Å². The zero-order valence-electron chi connectivity index (χ0n) is 19.1.